The number of carbonyl (C=O) groups excluding carboxylic acids is 1. The fourth-order valence-corrected chi connectivity index (χ4v) is 1.70. The summed E-state index contributed by atoms with van der Waals surface area (Å²) in [6, 6.07) is 0.393. The van der Waals surface area contributed by atoms with E-state index in [1.54, 1.807) is 0 Å². The standard InChI is InChI=1S/C11H20N2O/c1-3-12-11(14)9(2)13-10-7-5-4-6-8-10/h4-5,9-10,13H,3,6-8H2,1-2H3,(H,12,14). The molecule has 0 heterocycles. The number of amides is 1. The second-order valence-electron chi connectivity index (χ2n) is 3.76. The van der Waals surface area contributed by atoms with Gasteiger partial charge in [-0.25, -0.2) is 0 Å². The second kappa shape index (κ2) is 5.81. The monoisotopic (exact) mass is 196 g/mol. The predicted octanol–water partition coefficient (Wildman–Crippen LogP) is 1.21. The molecule has 80 valence electrons. The van der Waals surface area contributed by atoms with Crippen LogP contribution in [-0.2, 0) is 4.79 Å². The van der Waals surface area contributed by atoms with Crippen LogP contribution >= 0.6 is 0 Å². The molecular weight excluding hydrogens is 176 g/mol. The van der Waals surface area contributed by atoms with Crippen molar-refractivity contribution in [3.63, 3.8) is 0 Å². The molecule has 1 amide bonds. The summed E-state index contributed by atoms with van der Waals surface area (Å²) < 4.78 is 0. The Morgan fingerprint density at radius 1 is 1.57 bits per heavy atom. The van der Waals surface area contributed by atoms with Crippen LogP contribution in [0.2, 0.25) is 0 Å². The molecule has 0 saturated heterocycles. The molecular formula is C11H20N2O. The molecule has 0 fully saturated rings. The maximum absolute atomic E-state index is 11.4. The number of nitrogens with one attached hydrogen (secondary N) is 2. The van der Waals surface area contributed by atoms with Gasteiger partial charge in [-0.05, 0) is 33.1 Å². The predicted molar refractivity (Wildman–Crippen MR) is 58.1 cm³/mol. The lowest BCUT2D eigenvalue weighted by molar-refractivity contribution is -0.122. The van der Waals surface area contributed by atoms with Crippen molar-refractivity contribution in [1.29, 1.82) is 0 Å². The van der Waals surface area contributed by atoms with Gasteiger partial charge in [0, 0.05) is 12.6 Å². The molecule has 3 heteroatoms. The molecule has 0 spiro atoms. The number of rotatable bonds is 4. The van der Waals surface area contributed by atoms with Gasteiger partial charge in [0.2, 0.25) is 5.91 Å². The van der Waals surface area contributed by atoms with Gasteiger partial charge in [0.25, 0.3) is 0 Å². The Labute approximate surface area is 86.0 Å². The van der Waals surface area contributed by atoms with E-state index in [2.05, 4.69) is 22.8 Å². The zero-order valence-electron chi connectivity index (χ0n) is 9.05. The lowest BCUT2D eigenvalue weighted by Crippen LogP contribution is -2.46. The van der Waals surface area contributed by atoms with Crippen LogP contribution in [0.1, 0.15) is 33.1 Å². The molecule has 0 aliphatic heterocycles. The van der Waals surface area contributed by atoms with E-state index < -0.39 is 0 Å². The molecule has 0 saturated carbocycles. The fourth-order valence-electron chi connectivity index (χ4n) is 1.70. The van der Waals surface area contributed by atoms with Crippen molar-refractivity contribution >= 4 is 5.91 Å². The van der Waals surface area contributed by atoms with E-state index in [0.29, 0.717) is 12.6 Å². The van der Waals surface area contributed by atoms with Crippen LogP contribution in [0.25, 0.3) is 0 Å². The van der Waals surface area contributed by atoms with Gasteiger partial charge in [-0.3, -0.25) is 4.79 Å². The normalized spacial score (nSPS) is 23.1. The average Bonchev–Trinajstić information content (AvgIpc) is 2.19. The molecule has 3 nitrogen and oxygen atoms in total. The van der Waals surface area contributed by atoms with Gasteiger partial charge < -0.3 is 10.6 Å². The maximum Gasteiger partial charge on any atom is 0.236 e. The third-order valence-corrected chi connectivity index (χ3v) is 2.50. The van der Waals surface area contributed by atoms with E-state index in [1.165, 1.54) is 0 Å². The molecule has 0 bridgehead atoms. The van der Waals surface area contributed by atoms with Crippen molar-refractivity contribution in [1.82, 2.24) is 10.6 Å². The molecule has 0 aromatic rings. The van der Waals surface area contributed by atoms with Crippen molar-refractivity contribution in [3.05, 3.63) is 12.2 Å². The Morgan fingerprint density at radius 3 is 2.93 bits per heavy atom. The van der Waals surface area contributed by atoms with Crippen molar-refractivity contribution < 1.29 is 4.79 Å². The van der Waals surface area contributed by atoms with Gasteiger partial charge in [0.1, 0.15) is 0 Å². The summed E-state index contributed by atoms with van der Waals surface area (Å²) in [4.78, 5) is 11.4. The number of hydrogen-bond donors (Lipinski definition) is 2. The third-order valence-electron chi connectivity index (χ3n) is 2.50. The minimum atomic E-state index is -0.0774. The topological polar surface area (TPSA) is 41.1 Å². The number of hydrogen-bond acceptors (Lipinski definition) is 2. The van der Waals surface area contributed by atoms with Gasteiger partial charge in [-0.15, -0.1) is 0 Å². The zero-order valence-corrected chi connectivity index (χ0v) is 9.05. The van der Waals surface area contributed by atoms with E-state index >= 15 is 0 Å². The van der Waals surface area contributed by atoms with E-state index in [4.69, 9.17) is 0 Å². The van der Waals surface area contributed by atoms with Crippen molar-refractivity contribution in [2.24, 2.45) is 0 Å². The maximum atomic E-state index is 11.4. The minimum absolute atomic E-state index is 0.0774. The Balaban J connectivity index is 2.28. The molecule has 0 radical (unpaired) electrons. The van der Waals surface area contributed by atoms with E-state index in [1.807, 2.05) is 13.8 Å². The van der Waals surface area contributed by atoms with Gasteiger partial charge in [-0.1, -0.05) is 12.2 Å². The third kappa shape index (κ3) is 3.50. The second-order valence-corrected chi connectivity index (χ2v) is 3.76. The Bertz CT molecular complexity index is 213. The van der Waals surface area contributed by atoms with Crippen LogP contribution < -0.4 is 10.6 Å². The molecule has 2 unspecified atom stereocenters. The van der Waals surface area contributed by atoms with Crippen molar-refractivity contribution in [3.8, 4) is 0 Å². The highest BCUT2D eigenvalue weighted by atomic mass is 16.2. The highest BCUT2D eigenvalue weighted by Gasteiger charge is 2.16. The number of allylic oxidation sites excluding steroid dienone is 1. The van der Waals surface area contributed by atoms with Crippen LogP contribution in [0.5, 0.6) is 0 Å². The van der Waals surface area contributed by atoms with Crippen molar-refractivity contribution in [2.45, 2.75) is 45.2 Å². The number of likely N-dealkylation sites (N-methyl/N-ethyl adjacent to an activating group) is 1. The Morgan fingerprint density at radius 2 is 2.36 bits per heavy atom. The average molecular weight is 196 g/mol. The van der Waals surface area contributed by atoms with E-state index in [9.17, 15) is 4.79 Å². The first-order valence-electron chi connectivity index (χ1n) is 5.42. The molecule has 14 heavy (non-hydrogen) atoms. The summed E-state index contributed by atoms with van der Waals surface area (Å²) >= 11 is 0. The summed E-state index contributed by atoms with van der Waals surface area (Å²) in [7, 11) is 0. The van der Waals surface area contributed by atoms with Gasteiger partial charge in [0.05, 0.1) is 6.04 Å². The molecule has 2 N–H and O–H groups in total. The summed E-state index contributed by atoms with van der Waals surface area (Å²) in [6.07, 6.45) is 7.70. The molecule has 0 aromatic carbocycles. The fraction of sp³-hybridized carbons (Fsp3) is 0.727. The largest absolute Gasteiger partial charge is 0.355 e. The molecule has 1 aliphatic rings. The SMILES string of the molecule is CCNC(=O)C(C)NC1CC=CCC1. The van der Waals surface area contributed by atoms with Gasteiger partial charge in [-0.2, -0.15) is 0 Å². The smallest absolute Gasteiger partial charge is 0.236 e. The molecule has 0 aromatic heterocycles. The van der Waals surface area contributed by atoms with Gasteiger partial charge in [0.15, 0.2) is 0 Å². The first-order valence-corrected chi connectivity index (χ1v) is 5.42. The van der Waals surface area contributed by atoms with E-state index in [0.717, 1.165) is 19.3 Å². The van der Waals surface area contributed by atoms with Crippen LogP contribution in [0, 0.1) is 0 Å². The molecule has 1 rings (SSSR count). The first kappa shape index (κ1) is 11.2. The lowest BCUT2D eigenvalue weighted by atomic mass is 10.0. The highest BCUT2D eigenvalue weighted by molar-refractivity contribution is 5.81. The lowest BCUT2D eigenvalue weighted by Gasteiger charge is -2.23. The summed E-state index contributed by atoms with van der Waals surface area (Å²) in [5, 5.41) is 6.16. The minimum Gasteiger partial charge on any atom is -0.355 e. The summed E-state index contributed by atoms with van der Waals surface area (Å²) in [5.41, 5.74) is 0. The van der Waals surface area contributed by atoms with Crippen LogP contribution in [0.15, 0.2) is 12.2 Å². The Hall–Kier alpha value is -0.830. The quantitative estimate of drug-likeness (QED) is 0.664. The zero-order chi connectivity index (χ0) is 10.4. The van der Waals surface area contributed by atoms with Gasteiger partial charge >= 0.3 is 0 Å². The van der Waals surface area contributed by atoms with Crippen LogP contribution in [0.3, 0.4) is 0 Å². The summed E-state index contributed by atoms with van der Waals surface area (Å²) in [5.74, 6) is 0.0991. The number of carbonyl (C=O) groups is 1. The van der Waals surface area contributed by atoms with Crippen LogP contribution in [-0.4, -0.2) is 24.5 Å². The molecule has 1 aliphatic carbocycles. The highest BCUT2D eigenvalue weighted by Crippen LogP contribution is 2.10. The first-order chi connectivity index (χ1) is 6.74. The van der Waals surface area contributed by atoms with Crippen molar-refractivity contribution in [2.75, 3.05) is 6.54 Å². The van der Waals surface area contributed by atoms with Crippen LogP contribution in [0.4, 0.5) is 0 Å². The van der Waals surface area contributed by atoms with E-state index in [-0.39, 0.29) is 11.9 Å². The summed E-state index contributed by atoms with van der Waals surface area (Å²) in [6.45, 7) is 4.56. The molecule has 2 atom stereocenters. The Kier molecular flexibility index (Phi) is 4.66.